The van der Waals surface area contributed by atoms with Gasteiger partial charge in [0.1, 0.15) is 5.82 Å². The van der Waals surface area contributed by atoms with Gasteiger partial charge in [-0.3, -0.25) is 4.79 Å². The highest BCUT2D eigenvalue weighted by Crippen LogP contribution is 2.30. The Kier molecular flexibility index (Phi) is 4.20. The Labute approximate surface area is 118 Å². The van der Waals surface area contributed by atoms with E-state index in [1.54, 1.807) is 0 Å². The van der Waals surface area contributed by atoms with Crippen LogP contribution >= 0.6 is 15.9 Å². The average Bonchev–Trinajstić information content (AvgIpc) is 2.83. The summed E-state index contributed by atoms with van der Waals surface area (Å²) in [6.45, 7) is 2.68. The van der Waals surface area contributed by atoms with Crippen LogP contribution in [-0.2, 0) is 4.79 Å². The monoisotopic (exact) mass is 332 g/mol. The first-order valence-electron chi connectivity index (χ1n) is 6.19. The molecule has 1 aliphatic rings. The van der Waals surface area contributed by atoms with Crippen molar-refractivity contribution < 1.29 is 13.6 Å². The van der Waals surface area contributed by atoms with Crippen molar-refractivity contribution in [1.29, 1.82) is 0 Å². The summed E-state index contributed by atoms with van der Waals surface area (Å²) >= 11 is 3.06. The van der Waals surface area contributed by atoms with Crippen LogP contribution in [0, 0.1) is 11.6 Å². The van der Waals surface area contributed by atoms with Crippen LogP contribution in [0.1, 0.15) is 26.2 Å². The molecule has 104 valence electrons. The number of halogens is 3. The van der Waals surface area contributed by atoms with Crippen LogP contribution in [0.15, 0.2) is 16.6 Å². The van der Waals surface area contributed by atoms with Crippen LogP contribution < -0.4 is 10.6 Å². The molecule has 0 bridgehead atoms. The molecule has 1 fully saturated rings. The fraction of sp³-hybridized carbons (Fsp3) is 0.462. The second-order valence-electron chi connectivity index (χ2n) is 4.66. The van der Waals surface area contributed by atoms with E-state index in [9.17, 15) is 13.6 Å². The smallest absolute Gasteiger partial charge is 0.244 e. The molecule has 0 aliphatic carbocycles. The van der Waals surface area contributed by atoms with Gasteiger partial charge in [-0.25, -0.2) is 8.78 Å². The highest BCUT2D eigenvalue weighted by molar-refractivity contribution is 9.10. The van der Waals surface area contributed by atoms with Gasteiger partial charge >= 0.3 is 0 Å². The van der Waals surface area contributed by atoms with Gasteiger partial charge in [-0.05, 0) is 47.8 Å². The summed E-state index contributed by atoms with van der Waals surface area (Å²) in [4.78, 5) is 12.3. The normalized spacial score (nSPS) is 22.5. The molecule has 0 saturated carbocycles. The Bertz CT molecular complexity index is 478. The first-order chi connectivity index (χ1) is 8.98. The Morgan fingerprint density at radius 3 is 2.79 bits per heavy atom. The molecule has 2 rings (SSSR count). The molecule has 2 N–H and O–H groups in total. The van der Waals surface area contributed by atoms with Crippen LogP contribution in [-0.4, -0.2) is 18.0 Å². The van der Waals surface area contributed by atoms with Crippen molar-refractivity contribution in [2.24, 2.45) is 0 Å². The molecule has 3 nitrogen and oxygen atoms in total. The van der Waals surface area contributed by atoms with Crippen molar-refractivity contribution in [3.05, 3.63) is 28.2 Å². The van der Waals surface area contributed by atoms with Crippen molar-refractivity contribution >= 4 is 27.5 Å². The molecule has 1 atom stereocenters. The van der Waals surface area contributed by atoms with Gasteiger partial charge in [-0.1, -0.05) is 6.92 Å². The largest absolute Gasteiger partial charge is 0.321 e. The molecule has 6 heteroatoms. The van der Waals surface area contributed by atoms with E-state index in [0.717, 1.165) is 31.5 Å². The third kappa shape index (κ3) is 2.79. The van der Waals surface area contributed by atoms with Gasteiger partial charge in [0.2, 0.25) is 5.91 Å². The fourth-order valence-electron chi connectivity index (χ4n) is 2.36. The average molecular weight is 333 g/mol. The summed E-state index contributed by atoms with van der Waals surface area (Å²) < 4.78 is 26.9. The lowest BCUT2D eigenvalue weighted by Gasteiger charge is -2.27. The van der Waals surface area contributed by atoms with Crippen molar-refractivity contribution in [1.82, 2.24) is 5.32 Å². The number of amides is 1. The lowest BCUT2D eigenvalue weighted by molar-refractivity contribution is -0.122. The maximum absolute atomic E-state index is 13.7. The van der Waals surface area contributed by atoms with Gasteiger partial charge in [0, 0.05) is 10.5 Å². The predicted octanol–water partition coefficient (Wildman–Crippen LogP) is 3.20. The maximum atomic E-state index is 13.7. The van der Waals surface area contributed by atoms with Crippen molar-refractivity contribution in [2.45, 2.75) is 31.7 Å². The number of carbonyl (C=O) groups is 1. The summed E-state index contributed by atoms with van der Waals surface area (Å²) in [7, 11) is 0. The highest BCUT2D eigenvalue weighted by atomic mass is 79.9. The molecule has 1 heterocycles. The number of carbonyl (C=O) groups excluding carboxylic acids is 1. The number of anilines is 1. The van der Waals surface area contributed by atoms with Crippen LogP contribution in [0.4, 0.5) is 14.5 Å². The minimum absolute atomic E-state index is 0.0204. The standard InChI is InChI=1S/C13H15BrF2N2O/c1-2-13(4-3-5-17-13)12(19)18-11-9(14)6-8(15)7-10(11)16/h6-7,17H,2-5H2,1H3,(H,18,19). The quantitative estimate of drug-likeness (QED) is 0.892. The second kappa shape index (κ2) is 5.54. The Morgan fingerprint density at radius 1 is 1.53 bits per heavy atom. The van der Waals surface area contributed by atoms with E-state index < -0.39 is 17.2 Å². The Morgan fingerprint density at radius 2 is 2.26 bits per heavy atom. The van der Waals surface area contributed by atoms with E-state index in [-0.39, 0.29) is 16.1 Å². The third-order valence-corrected chi connectivity index (χ3v) is 4.15. The highest BCUT2D eigenvalue weighted by Gasteiger charge is 2.39. The SMILES string of the molecule is CCC1(C(=O)Nc2c(F)cc(F)cc2Br)CCCN1. The molecule has 1 saturated heterocycles. The zero-order valence-electron chi connectivity index (χ0n) is 10.5. The van der Waals surface area contributed by atoms with Gasteiger partial charge in [0.15, 0.2) is 5.82 Å². The third-order valence-electron chi connectivity index (χ3n) is 3.53. The lowest BCUT2D eigenvalue weighted by Crippen LogP contribution is -2.50. The van der Waals surface area contributed by atoms with Crippen LogP contribution in [0.3, 0.4) is 0 Å². The van der Waals surface area contributed by atoms with Gasteiger partial charge in [-0.2, -0.15) is 0 Å². The zero-order chi connectivity index (χ0) is 14.0. The van der Waals surface area contributed by atoms with Gasteiger partial charge in [-0.15, -0.1) is 0 Å². The molecule has 1 aliphatic heterocycles. The number of benzene rings is 1. The van der Waals surface area contributed by atoms with Crippen molar-refractivity contribution in [3.63, 3.8) is 0 Å². The van der Waals surface area contributed by atoms with E-state index in [1.165, 1.54) is 0 Å². The minimum atomic E-state index is -0.788. The first-order valence-corrected chi connectivity index (χ1v) is 6.99. The number of rotatable bonds is 3. The van der Waals surface area contributed by atoms with Crippen LogP contribution in [0.2, 0.25) is 0 Å². The molecule has 0 spiro atoms. The van der Waals surface area contributed by atoms with Crippen molar-refractivity contribution in [3.8, 4) is 0 Å². The van der Waals surface area contributed by atoms with E-state index in [4.69, 9.17) is 0 Å². The Balaban J connectivity index is 2.24. The maximum Gasteiger partial charge on any atom is 0.244 e. The summed E-state index contributed by atoms with van der Waals surface area (Å²) in [5, 5.41) is 5.72. The topological polar surface area (TPSA) is 41.1 Å². The van der Waals surface area contributed by atoms with Gasteiger partial charge < -0.3 is 10.6 Å². The van der Waals surface area contributed by atoms with E-state index in [0.29, 0.717) is 6.42 Å². The fourth-order valence-corrected chi connectivity index (χ4v) is 2.86. The molecular weight excluding hydrogens is 318 g/mol. The molecular formula is C13H15BrF2N2O. The van der Waals surface area contributed by atoms with Crippen LogP contribution in [0.5, 0.6) is 0 Å². The molecule has 0 aromatic heterocycles. The van der Waals surface area contributed by atoms with Crippen molar-refractivity contribution in [2.75, 3.05) is 11.9 Å². The lowest BCUT2D eigenvalue weighted by atomic mass is 9.93. The summed E-state index contributed by atoms with van der Waals surface area (Å²) in [5.74, 6) is -1.75. The molecule has 1 aromatic rings. The first kappa shape index (κ1) is 14.4. The summed E-state index contributed by atoms with van der Waals surface area (Å²) in [6, 6.07) is 1.88. The number of hydrogen-bond donors (Lipinski definition) is 2. The number of hydrogen-bond acceptors (Lipinski definition) is 2. The van der Waals surface area contributed by atoms with Gasteiger partial charge in [0.05, 0.1) is 11.2 Å². The molecule has 19 heavy (non-hydrogen) atoms. The second-order valence-corrected chi connectivity index (χ2v) is 5.52. The van der Waals surface area contributed by atoms with E-state index in [1.807, 2.05) is 6.92 Å². The summed E-state index contributed by atoms with van der Waals surface area (Å²) in [6.07, 6.45) is 2.25. The molecule has 1 amide bonds. The number of nitrogens with one attached hydrogen (secondary N) is 2. The Hall–Kier alpha value is -1.01. The molecule has 0 radical (unpaired) electrons. The minimum Gasteiger partial charge on any atom is -0.321 e. The predicted molar refractivity (Wildman–Crippen MR) is 72.9 cm³/mol. The summed E-state index contributed by atoms with van der Waals surface area (Å²) in [5.41, 5.74) is -0.673. The van der Waals surface area contributed by atoms with E-state index in [2.05, 4.69) is 26.6 Å². The van der Waals surface area contributed by atoms with Crippen LogP contribution in [0.25, 0.3) is 0 Å². The molecule has 1 unspecified atom stereocenters. The zero-order valence-corrected chi connectivity index (χ0v) is 12.1. The van der Waals surface area contributed by atoms with E-state index >= 15 is 0 Å². The van der Waals surface area contributed by atoms with Gasteiger partial charge in [0.25, 0.3) is 0 Å². The molecule has 1 aromatic carbocycles.